The zero-order valence-corrected chi connectivity index (χ0v) is 15.1. The Morgan fingerprint density at radius 3 is 2.93 bits per heavy atom. The van der Waals surface area contributed by atoms with Crippen LogP contribution < -0.4 is 16.4 Å². The number of piperidine rings is 1. The molecule has 1 unspecified atom stereocenters. The van der Waals surface area contributed by atoms with Gasteiger partial charge in [0.25, 0.3) is 5.91 Å². The number of anilines is 1. The number of carbonyl (C=O) groups is 3. The van der Waals surface area contributed by atoms with Crippen LogP contribution in [0.25, 0.3) is 0 Å². The lowest BCUT2D eigenvalue weighted by molar-refractivity contribution is -0.136. The first-order chi connectivity index (χ1) is 13.5. The second kappa shape index (κ2) is 7.39. The van der Waals surface area contributed by atoms with Crippen LogP contribution in [0.5, 0.6) is 0 Å². The molecule has 4 N–H and O–H groups in total. The maximum absolute atomic E-state index is 12.7. The van der Waals surface area contributed by atoms with E-state index in [4.69, 9.17) is 10.2 Å². The van der Waals surface area contributed by atoms with Crippen LogP contribution in [-0.2, 0) is 29.1 Å². The number of nitrogens with two attached hydrogens (primary N) is 1. The Balaban J connectivity index is 1.43. The Kier molecular flexibility index (Phi) is 4.78. The van der Waals surface area contributed by atoms with Crippen molar-refractivity contribution in [1.82, 2.24) is 20.4 Å². The van der Waals surface area contributed by atoms with Crippen LogP contribution in [0.4, 0.5) is 6.01 Å². The number of amides is 3. The van der Waals surface area contributed by atoms with Gasteiger partial charge in [-0.15, -0.1) is 5.10 Å². The highest BCUT2D eigenvalue weighted by Gasteiger charge is 2.39. The van der Waals surface area contributed by atoms with Crippen molar-refractivity contribution < 1.29 is 18.8 Å². The monoisotopic (exact) mass is 384 g/mol. The Morgan fingerprint density at radius 1 is 1.29 bits per heavy atom. The summed E-state index contributed by atoms with van der Waals surface area (Å²) in [6.07, 6.45) is 1.11. The number of imide groups is 1. The van der Waals surface area contributed by atoms with Gasteiger partial charge in [-0.2, -0.15) is 0 Å². The van der Waals surface area contributed by atoms with Crippen LogP contribution in [0.1, 0.15) is 40.2 Å². The summed E-state index contributed by atoms with van der Waals surface area (Å²) in [6.45, 7) is 1.23. The third-order valence-electron chi connectivity index (χ3n) is 4.86. The summed E-state index contributed by atoms with van der Waals surface area (Å²) in [5.74, 6) is -0.421. The standard InChI is InChI=1S/C18H20N6O4/c19-6-5-15-22-23-18(28-15)20-8-10-1-2-12-11(7-10)9-24(17(12)27)13-3-4-14(25)21-16(13)26/h1-2,7,13H,3-6,8-9,19H2,(H,20,23)(H,21,25,26). The molecule has 146 valence electrons. The number of nitrogens with zero attached hydrogens (tertiary/aromatic N) is 3. The maximum atomic E-state index is 12.7. The van der Waals surface area contributed by atoms with Crippen LogP contribution in [0, 0.1) is 0 Å². The third kappa shape index (κ3) is 3.46. The molecular formula is C18H20N6O4. The predicted molar refractivity (Wildman–Crippen MR) is 96.9 cm³/mol. The summed E-state index contributed by atoms with van der Waals surface area (Å²) in [5, 5.41) is 13.1. The van der Waals surface area contributed by atoms with E-state index in [9.17, 15) is 14.4 Å². The summed E-state index contributed by atoms with van der Waals surface area (Å²) < 4.78 is 5.42. The Morgan fingerprint density at radius 2 is 2.14 bits per heavy atom. The molecule has 0 radical (unpaired) electrons. The topological polar surface area (TPSA) is 143 Å². The van der Waals surface area contributed by atoms with E-state index in [1.807, 2.05) is 12.1 Å². The molecule has 1 saturated heterocycles. The van der Waals surface area contributed by atoms with E-state index >= 15 is 0 Å². The molecule has 0 bridgehead atoms. The number of rotatable bonds is 6. The van der Waals surface area contributed by atoms with Crippen molar-refractivity contribution in [2.24, 2.45) is 5.73 Å². The fourth-order valence-corrected chi connectivity index (χ4v) is 3.46. The van der Waals surface area contributed by atoms with Crippen LogP contribution in [0.15, 0.2) is 22.6 Å². The molecule has 10 nitrogen and oxygen atoms in total. The average Bonchev–Trinajstić information content (AvgIpc) is 3.25. The van der Waals surface area contributed by atoms with Crippen molar-refractivity contribution in [3.05, 3.63) is 40.8 Å². The van der Waals surface area contributed by atoms with Crippen molar-refractivity contribution in [2.75, 3.05) is 11.9 Å². The van der Waals surface area contributed by atoms with Gasteiger partial charge in [0.15, 0.2) is 0 Å². The fraction of sp³-hybridized carbons (Fsp3) is 0.389. The first-order valence-corrected chi connectivity index (χ1v) is 9.08. The lowest BCUT2D eigenvalue weighted by Gasteiger charge is -2.29. The molecule has 4 rings (SSSR count). The minimum Gasteiger partial charge on any atom is -0.408 e. The molecule has 2 aliphatic heterocycles. The van der Waals surface area contributed by atoms with Crippen molar-refractivity contribution >= 4 is 23.7 Å². The second-order valence-electron chi connectivity index (χ2n) is 6.78. The SMILES string of the molecule is NCCc1nnc(NCc2ccc3c(c2)CN(C2CCC(=O)NC2=O)C3=O)o1. The number of nitrogens with one attached hydrogen (secondary N) is 2. The minimum absolute atomic E-state index is 0.188. The summed E-state index contributed by atoms with van der Waals surface area (Å²) in [6, 6.07) is 5.22. The highest BCUT2D eigenvalue weighted by Crippen LogP contribution is 2.28. The molecule has 0 spiro atoms. The van der Waals surface area contributed by atoms with Gasteiger partial charge in [-0.25, -0.2) is 0 Å². The molecule has 1 aromatic heterocycles. The number of fused-ring (bicyclic) bond motifs is 1. The first-order valence-electron chi connectivity index (χ1n) is 9.08. The lowest BCUT2D eigenvalue weighted by Crippen LogP contribution is -2.52. The zero-order valence-electron chi connectivity index (χ0n) is 15.1. The number of hydrogen-bond acceptors (Lipinski definition) is 8. The molecular weight excluding hydrogens is 364 g/mol. The number of aromatic nitrogens is 2. The van der Waals surface area contributed by atoms with Crippen LogP contribution in [-0.4, -0.2) is 45.4 Å². The zero-order chi connectivity index (χ0) is 19.7. The van der Waals surface area contributed by atoms with Crippen molar-refractivity contribution in [2.45, 2.75) is 38.4 Å². The Bertz CT molecular complexity index is 940. The molecule has 3 heterocycles. The van der Waals surface area contributed by atoms with Gasteiger partial charge >= 0.3 is 6.01 Å². The largest absolute Gasteiger partial charge is 0.408 e. The molecule has 0 aliphatic carbocycles. The van der Waals surface area contributed by atoms with Gasteiger partial charge in [-0.3, -0.25) is 19.7 Å². The predicted octanol–water partition coefficient (Wildman–Crippen LogP) is -0.0561. The van der Waals surface area contributed by atoms with E-state index in [1.54, 1.807) is 6.07 Å². The molecule has 1 aromatic carbocycles. The summed E-state index contributed by atoms with van der Waals surface area (Å²) in [5.41, 5.74) is 7.83. The quantitative estimate of drug-likeness (QED) is 0.588. The number of carbonyl (C=O) groups excluding carboxylic acids is 3. The minimum atomic E-state index is -0.612. The van der Waals surface area contributed by atoms with E-state index in [-0.39, 0.29) is 18.2 Å². The highest BCUT2D eigenvalue weighted by atomic mass is 16.4. The fourth-order valence-electron chi connectivity index (χ4n) is 3.46. The summed E-state index contributed by atoms with van der Waals surface area (Å²) >= 11 is 0. The van der Waals surface area contributed by atoms with Gasteiger partial charge in [0.1, 0.15) is 6.04 Å². The smallest absolute Gasteiger partial charge is 0.315 e. The second-order valence-corrected chi connectivity index (χ2v) is 6.78. The first kappa shape index (κ1) is 18.1. The molecule has 0 saturated carbocycles. The van der Waals surface area contributed by atoms with Crippen molar-refractivity contribution in [3.8, 4) is 0 Å². The molecule has 1 atom stereocenters. The van der Waals surface area contributed by atoms with Gasteiger partial charge in [-0.1, -0.05) is 17.2 Å². The van der Waals surface area contributed by atoms with E-state index in [2.05, 4.69) is 20.8 Å². The number of hydrogen-bond donors (Lipinski definition) is 3. The Hall–Kier alpha value is -3.27. The Labute approximate surface area is 160 Å². The summed E-state index contributed by atoms with van der Waals surface area (Å²) in [4.78, 5) is 37.6. The van der Waals surface area contributed by atoms with Crippen LogP contribution in [0.2, 0.25) is 0 Å². The third-order valence-corrected chi connectivity index (χ3v) is 4.86. The average molecular weight is 384 g/mol. The van der Waals surface area contributed by atoms with Gasteiger partial charge < -0.3 is 20.4 Å². The highest BCUT2D eigenvalue weighted by molar-refractivity contribution is 6.05. The molecule has 10 heteroatoms. The van der Waals surface area contributed by atoms with Gasteiger partial charge in [0.2, 0.25) is 17.7 Å². The van der Waals surface area contributed by atoms with Gasteiger partial charge in [0, 0.05) is 38.0 Å². The van der Waals surface area contributed by atoms with Crippen LogP contribution >= 0.6 is 0 Å². The molecule has 28 heavy (non-hydrogen) atoms. The van der Waals surface area contributed by atoms with Crippen LogP contribution in [0.3, 0.4) is 0 Å². The number of benzene rings is 1. The van der Waals surface area contributed by atoms with E-state index in [0.29, 0.717) is 49.9 Å². The molecule has 1 fully saturated rings. The van der Waals surface area contributed by atoms with E-state index < -0.39 is 11.9 Å². The molecule has 3 amide bonds. The molecule has 2 aliphatic rings. The maximum Gasteiger partial charge on any atom is 0.315 e. The van der Waals surface area contributed by atoms with Gasteiger partial charge in [-0.05, 0) is 23.6 Å². The van der Waals surface area contributed by atoms with Gasteiger partial charge in [0.05, 0.1) is 0 Å². The van der Waals surface area contributed by atoms with E-state index in [0.717, 1.165) is 11.1 Å². The van der Waals surface area contributed by atoms with E-state index in [1.165, 1.54) is 4.90 Å². The molecule has 2 aromatic rings. The summed E-state index contributed by atoms with van der Waals surface area (Å²) in [7, 11) is 0. The lowest BCUT2D eigenvalue weighted by atomic mass is 10.0. The van der Waals surface area contributed by atoms with Crippen molar-refractivity contribution in [1.29, 1.82) is 0 Å². The van der Waals surface area contributed by atoms with Crippen molar-refractivity contribution in [3.63, 3.8) is 0 Å². The normalized spacial score (nSPS) is 19.0.